The van der Waals surface area contributed by atoms with Gasteiger partial charge in [-0.3, -0.25) is 4.79 Å². The normalized spacial score (nSPS) is 13.0. The van der Waals surface area contributed by atoms with Crippen LogP contribution in [-0.2, 0) is 14.3 Å². The van der Waals surface area contributed by atoms with Crippen molar-refractivity contribution >= 4 is 5.91 Å². The fourth-order valence-corrected chi connectivity index (χ4v) is 0.621. The zero-order valence-electron chi connectivity index (χ0n) is 6.29. The summed E-state index contributed by atoms with van der Waals surface area (Å²) in [4.78, 5) is 10.3. The molecule has 0 aromatic carbocycles. The Morgan fingerprint density at radius 3 is 2.50 bits per heavy atom. The Morgan fingerprint density at radius 1 is 1.60 bits per heavy atom. The van der Waals surface area contributed by atoms with Crippen molar-refractivity contribution in [2.24, 2.45) is 5.73 Å². The third-order valence-electron chi connectivity index (χ3n) is 1.11. The summed E-state index contributed by atoms with van der Waals surface area (Å²) in [7, 11) is 3.07. The van der Waals surface area contributed by atoms with Crippen LogP contribution in [0.3, 0.4) is 0 Å². The minimum absolute atomic E-state index is 0.206. The number of ether oxygens (including phenoxy) is 2. The van der Waals surface area contributed by atoms with Crippen molar-refractivity contribution in [3.63, 3.8) is 0 Å². The summed E-state index contributed by atoms with van der Waals surface area (Å²) in [5.41, 5.74) is 4.92. The SMILES string of the molecule is COC[C@H](CC(N)=O)OC. The second-order valence-corrected chi connectivity index (χ2v) is 1.98. The van der Waals surface area contributed by atoms with Gasteiger partial charge in [-0.15, -0.1) is 0 Å². The molecule has 0 aliphatic carbocycles. The Balaban J connectivity index is 3.49. The van der Waals surface area contributed by atoms with E-state index in [1.54, 1.807) is 7.11 Å². The van der Waals surface area contributed by atoms with Crippen LogP contribution >= 0.6 is 0 Å². The Kier molecular flexibility index (Phi) is 4.88. The molecule has 0 aromatic heterocycles. The highest BCUT2D eigenvalue weighted by atomic mass is 16.5. The third-order valence-corrected chi connectivity index (χ3v) is 1.11. The maximum atomic E-state index is 10.3. The summed E-state index contributed by atoms with van der Waals surface area (Å²) in [6, 6.07) is 0. The van der Waals surface area contributed by atoms with Crippen LogP contribution in [0.15, 0.2) is 0 Å². The number of primary amides is 1. The number of hydrogen-bond donors (Lipinski definition) is 1. The smallest absolute Gasteiger partial charge is 0.220 e. The summed E-state index contributed by atoms with van der Waals surface area (Å²) >= 11 is 0. The molecule has 4 heteroatoms. The first-order chi connectivity index (χ1) is 4.70. The Bertz CT molecular complexity index is 105. The molecule has 0 aliphatic rings. The van der Waals surface area contributed by atoms with Crippen LogP contribution in [0.2, 0.25) is 0 Å². The molecule has 4 nitrogen and oxygen atoms in total. The molecule has 1 amide bonds. The first-order valence-electron chi connectivity index (χ1n) is 3.00. The van der Waals surface area contributed by atoms with Crippen molar-refractivity contribution in [1.82, 2.24) is 0 Å². The lowest BCUT2D eigenvalue weighted by molar-refractivity contribution is -0.121. The minimum atomic E-state index is -0.371. The van der Waals surface area contributed by atoms with Gasteiger partial charge in [0, 0.05) is 14.2 Å². The molecule has 10 heavy (non-hydrogen) atoms. The largest absolute Gasteiger partial charge is 0.382 e. The van der Waals surface area contributed by atoms with Gasteiger partial charge in [-0.25, -0.2) is 0 Å². The van der Waals surface area contributed by atoms with Gasteiger partial charge < -0.3 is 15.2 Å². The molecule has 0 aliphatic heterocycles. The maximum Gasteiger partial charge on any atom is 0.220 e. The van der Waals surface area contributed by atoms with E-state index in [0.29, 0.717) is 6.61 Å². The van der Waals surface area contributed by atoms with E-state index in [0.717, 1.165) is 0 Å². The van der Waals surface area contributed by atoms with E-state index in [2.05, 4.69) is 0 Å². The molecule has 0 saturated carbocycles. The van der Waals surface area contributed by atoms with Gasteiger partial charge in [0.2, 0.25) is 5.91 Å². The highest BCUT2D eigenvalue weighted by Crippen LogP contribution is 1.95. The van der Waals surface area contributed by atoms with E-state index in [-0.39, 0.29) is 18.4 Å². The third kappa shape index (κ3) is 4.29. The monoisotopic (exact) mass is 147 g/mol. The summed E-state index contributed by atoms with van der Waals surface area (Å²) in [6.45, 7) is 0.402. The Hall–Kier alpha value is -0.610. The van der Waals surface area contributed by atoms with E-state index in [9.17, 15) is 4.79 Å². The zero-order valence-corrected chi connectivity index (χ0v) is 6.29. The molecule has 0 rings (SSSR count). The van der Waals surface area contributed by atoms with Crippen LogP contribution in [0.1, 0.15) is 6.42 Å². The Morgan fingerprint density at radius 2 is 2.20 bits per heavy atom. The van der Waals surface area contributed by atoms with Crippen molar-refractivity contribution < 1.29 is 14.3 Å². The van der Waals surface area contributed by atoms with Crippen LogP contribution in [0.5, 0.6) is 0 Å². The van der Waals surface area contributed by atoms with Gasteiger partial charge in [0.1, 0.15) is 0 Å². The lowest BCUT2D eigenvalue weighted by atomic mass is 10.2. The van der Waals surface area contributed by atoms with E-state index in [1.165, 1.54) is 7.11 Å². The molecule has 2 N–H and O–H groups in total. The molecule has 0 heterocycles. The fourth-order valence-electron chi connectivity index (χ4n) is 0.621. The van der Waals surface area contributed by atoms with Gasteiger partial charge in [0.25, 0.3) is 0 Å². The topological polar surface area (TPSA) is 61.5 Å². The maximum absolute atomic E-state index is 10.3. The predicted octanol–water partition coefficient (Wildman–Crippen LogP) is -0.477. The van der Waals surface area contributed by atoms with Crippen LogP contribution < -0.4 is 5.73 Å². The van der Waals surface area contributed by atoms with Crippen molar-refractivity contribution in [2.75, 3.05) is 20.8 Å². The lowest BCUT2D eigenvalue weighted by Crippen LogP contribution is -2.25. The van der Waals surface area contributed by atoms with Gasteiger partial charge in [0.15, 0.2) is 0 Å². The van der Waals surface area contributed by atoms with E-state index < -0.39 is 0 Å². The molecule has 1 atom stereocenters. The molecule has 0 fully saturated rings. The quantitative estimate of drug-likeness (QED) is 0.571. The summed E-state index contributed by atoms with van der Waals surface area (Å²) in [5.74, 6) is -0.371. The first-order valence-corrected chi connectivity index (χ1v) is 3.00. The molecule has 60 valence electrons. The molecule has 0 aromatic rings. The number of hydrogen-bond acceptors (Lipinski definition) is 3. The molecular formula is C6H13NO3. The standard InChI is InChI=1S/C6H13NO3/c1-9-4-5(10-2)3-6(7)8/h5H,3-4H2,1-2H3,(H2,7,8)/t5-/m0/s1. The van der Waals surface area contributed by atoms with Gasteiger partial charge in [-0.05, 0) is 0 Å². The van der Waals surface area contributed by atoms with Crippen LogP contribution in [0.25, 0.3) is 0 Å². The van der Waals surface area contributed by atoms with Gasteiger partial charge in [-0.1, -0.05) is 0 Å². The zero-order chi connectivity index (χ0) is 7.98. The van der Waals surface area contributed by atoms with E-state index >= 15 is 0 Å². The van der Waals surface area contributed by atoms with Gasteiger partial charge >= 0.3 is 0 Å². The van der Waals surface area contributed by atoms with E-state index in [1.807, 2.05) is 0 Å². The summed E-state index contributed by atoms with van der Waals surface area (Å²) < 4.78 is 9.64. The van der Waals surface area contributed by atoms with Gasteiger partial charge in [0.05, 0.1) is 19.1 Å². The molecule has 0 radical (unpaired) electrons. The number of methoxy groups -OCH3 is 2. The second kappa shape index (κ2) is 5.20. The highest BCUT2D eigenvalue weighted by Gasteiger charge is 2.09. The first kappa shape index (κ1) is 9.39. The molecule has 0 bridgehead atoms. The number of amides is 1. The molecular weight excluding hydrogens is 134 g/mol. The van der Waals surface area contributed by atoms with Crippen molar-refractivity contribution in [2.45, 2.75) is 12.5 Å². The predicted molar refractivity (Wildman–Crippen MR) is 36.5 cm³/mol. The minimum Gasteiger partial charge on any atom is -0.382 e. The molecule has 0 spiro atoms. The molecule has 0 unspecified atom stereocenters. The van der Waals surface area contributed by atoms with Crippen LogP contribution in [-0.4, -0.2) is 32.8 Å². The second-order valence-electron chi connectivity index (χ2n) is 1.98. The fraction of sp³-hybridized carbons (Fsp3) is 0.833. The summed E-state index contributed by atoms with van der Waals surface area (Å²) in [6.07, 6.45) is 0.00662. The van der Waals surface area contributed by atoms with Crippen molar-refractivity contribution in [3.05, 3.63) is 0 Å². The van der Waals surface area contributed by atoms with Gasteiger partial charge in [-0.2, -0.15) is 0 Å². The summed E-state index contributed by atoms with van der Waals surface area (Å²) in [5, 5.41) is 0. The average molecular weight is 147 g/mol. The number of carbonyl (C=O) groups is 1. The Labute approximate surface area is 60.3 Å². The van der Waals surface area contributed by atoms with Crippen LogP contribution in [0.4, 0.5) is 0 Å². The number of rotatable bonds is 5. The number of nitrogens with two attached hydrogens (primary N) is 1. The van der Waals surface area contributed by atoms with Crippen molar-refractivity contribution in [3.8, 4) is 0 Å². The van der Waals surface area contributed by atoms with Crippen molar-refractivity contribution in [1.29, 1.82) is 0 Å². The van der Waals surface area contributed by atoms with Crippen LogP contribution in [0, 0.1) is 0 Å². The van der Waals surface area contributed by atoms with E-state index in [4.69, 9.17) is 15.2 Å². The lowest BCUT2D eigenvalue weighted by Gasteiger charge is -2.10. The average Bonchev–Trinajstić information content (AvgIpc) is 1.86. The molecule has 0 saturated heterocycles. The highest BCUT2D eigenvalue weighted by molar-refractivity contribution is 5.74. The number of carbonyl (C=O) groups excluding carboxylic acids is 1.